The molecule has 1 unspecified atom stereocenters. The number of aliphatic carboxylic acids is 1. The number of aryl methyl sites for hydroxylation is 2. The molecule has 1 atom stereocenters. The van der Waals surface area contributed by atoms with Gasteiger partial charge in [-0.3, -0.25) is 9.78 Å². The summed E-state index contributed by atoms with van der Waals surface area (Å²) in [6.07, 6.45) is 1.64. The van der Waals surface area contributed by atoms with Crippen LogP contribution in [0.15, 0.2) is 18.3 Å². The zero-order valence-corrected chi connectivity index (χ0v) is 22.1. The molecule has 0 aromatic carbocycles. The van der Waals surface area contributed by atoms with Crippen molar-refractivity contribution in [2.24, 2.45) is 0 Å². The van der Waals surface area contributed by atoms with Crippen LogP contribution in [0.5, 0.6) is 5.75 Å². The van der Waals surface area contributed by atoms with Gasteiger partial charge in [0.15, 0.2) is 5.82 Å². The second kappa shape index (κ2) is 12.4. The fourth-order valence-corrected chi connectivity index (χ4v) is 4.60. The maximum atomic E-state index is 11.2. The first-order valence-electron chi connectivity index (χ1n) is 9.68. The normalized spacial score (nSPS) is 10.9. The summed E-state index contributed by atoms with van der Waals surface area (Å²) in [7, 11) is 1.72. The van der Waals surface area contributed by atoms with Crippen molar-refractivity contribution >= 4 is 61.8 Å². The SMILES string of the molecule is CC.Cc1sc2nc(-c3cc(OCCOPI)ccn3)nc(N(C)CC(=O)O)c2c1C. The van der Waals surface area contributed by atoms with Gasteiger partial charge in [-0.25, -0.2) is 9.97 Å². The van der Waals surface area contributed by atoms with E-state index in [-0.39, 0.29) is 6.54 Å². The van der Waals surface area contributed by atoms with E-state index in [0.29, 0.717) is 42.7 Å². The fourth-order valence-electron chi connectivity index (χ4n) is 2.76. The lowest BCUT2D eigenvalue weighted by Gasteiger charge is -2.18. The van der Waals surface area contributed by atoms with Gasteiger partial charge in [-0.05, 0) is 47.5 Å². The molecule has 0 aliphatic carbocycles. The average Bonchev–Trinajstić information content (AvgIpc) is 3.05. The molecule has 0 aliphatic heterocycles. The van der Waals surface area contributed by atoms with E-state index in [1.807, 2.05) is 27.7 Å². The number of carbonyl (C=O) groups is 1. The van der Waals surface area contributed by atoms with E-state index >= 15 is 0 Å². The summed E-state index contributed by atoms with van der Waals surface area (Å²) < 4.78 is 11.0. The molecule has 0 radical (unpaired) electrons. The van der Waals surface area contributed by atoms with Crippen LogP contribution in [0.2, 0.25) is 0 Å². The maximum Gasteiger partial charge on any atom is 0.323 e. The molecule has 3 aromatic rings. The number of rotatable bonds is 9. The van der Waals surface area contributed by atoms with Crippen LogP contribution in [-0.2, 0) is 9.32 Å². The molecule has 3 aromatic heterocycles. The van der Waals surface area contributed by atoms with Gasteiger partial charge in [0.25, 0.3) is 0 Å². The number of hydrogen-bond acceptors (Lipinski definition) is 8. The van der Waals surface area contributed by atoms with Gasteiger partial charge in [0, 0.05) is 24.2 Å². The third-order valence-corrected chi connectivity index (χ3v) is 6.56. The highest BCUT2D eigenvalue weighted by atomic mass is 127. The van der Waals surface area contributed by atoms with E-state index < -0.39 is 5.97 Å². The average molecular weight is 576 g/mol. The van der Waals surface area contributed by atoms with E-state index in [9.17, 15) is 9.90 Å². The van der Waals surface area contributed by atoms with Crippen molar-refractivity contribution < 1.29 is 19.2 Å². The first kappa shape index (κ1) is 25.6. The van der Waals surface area contributed by atoms with E-state index in [2.05, 4.69) is 32.0 Å². The van der Waals surface area contributed by atoms with Gasteiger partial charge >= 0.3 is 5.97 Å². The molecular formula is C20H26IN4O4PS. The van der Waals surface area contributed by atoms with Crippen LogP contribution in [0.3, 0.4) is 0 Å². The van der Waals surface area contributed by atoms with Crippen LogP contribution in [0.1, 0.15) is 24.3 Å². The summed E-state index contributed by atoms with van der Waals surface area (Å²) in [5, 5.41) is 10.1. The first-order chi connectivity index (χ1) is 14.9. The molecule has 0 saturated heterocycles. The standard InChI is InChI=1S/C18H20IN4O4PS.C2H6/c1-10-11(2)29-18-15(10)17(23(3)9-14(24)25)21-16(22-18)13-8-12(4-5-20-13)26-6-7-27-28-19;1-2/h4-5,8,28H,6-7,9H2,1-3H3,(H,24,25);1-2H3. The molecule has 0 aliphatic rings. The van der Waals surface area contributed by atoms with Crippen molar-refractivity contribution in [3.05, 3.63) is 28.8 Å². The number of hydrogen-bond donors (Lipinski definition) is 1. The predicted molar refractivity (Wildman–Crippen MR) is 136 cm³/mol. The molecule has 168 valence electrons. The highest BCUT2D eigenvalue weighted by Gasteiger charge is 2.20. The summed E-state index contributed by atoms with van der Waals surface area (Å²) >= 11 is 3.73. The van der Waals surface area contributed by atoms with Crippen molar-refractivity contribution in [2.75, 3.05) is 31.7 Å². The minimum Gasteiger partial charge on any atom is -0.491 e. The molecular weight excluding hydrogens is 550 g/mol. The molecule has 3 heterocycles. The first-order valence-corrected chi connectivity index (χ1v) is 14.5. The Morgan fingerprint density at radius 1 is 1.29 bits per heavy atom. The van der Waals surface area contributed by atoms with Crippen LogP contribution >= 0.6 is 39.8 Å². The Hall–Kier alpha value is -1.62. The lowest BCUT2D eigenvalue weighted by Crippen LogP contribution is -2.26. The number of thiophene rings is 1. The van der Waals surface area contributed by atoms with Gasteiger partial charge in [0.05, 0.1) is 18.4 Å². The summed E-state index contributed by atoms with van der Waals surface area (Å²) in [6, 6.07) is 3.55. The Balaban J connectivity index is 0.00000166. The topological polar surface area (TPSA) is 97.7 Å². The van der Waals surface area contributed by atoms with Crippen molar-refractivity contribution in [1.82, 2.24) is 15.0 Å². The number of halogens is 1. The second-order valence-corrected chi connectivity index (χ2v) is 9.20. The number of anilines is 1. The van der Waals surface area contributed by atoms with Gasteiger partial charge in [-0.2, -0.15) is 0 Å². The zero-order valence-electron chi connectivity index (χ0n) is 18.1. The molecule has 3 rings (SSSR count). The van der Waals surface area contributed by atoms with E-state index in [4.69, 9.17) is 14.2 Å². The Labute approximate surface area is 200 Å². The van der Waals surface area contributed by atoms with Crippen LogP contribution in [0, 0.1) is 13.8 Å². The van der Waals surface area contributed by atoms with Crippen LogP contribution in [-0.4, -0.2) is 52.8 Å². The molecule has 0 bridgehead atoms. The van der Waals surface area contributed by atoms with Crippen LogP contribution in [0.4, 0.5) is 5.82 Å². The Bertz CT molecular complexity index is 1030. The Morgan fingerprint density at radius 2 is 2.03 bits per heavy atom. The van der Waals surface area contributed by atoms with Gasteiger partial charge < -0.3 is 19.3 Å². The van der Waals surface area contributed by atoms with E-state index in [1.165, 1.54) is 0 Å². The highest BCUT2D eigenvalue weighted by Crippen LogP contribution is 2.36. The van der Waals surface area contributed by atoms with Crippen molar-refractivity contribution in [2.45, 2.75) is 27.7 Å². The van der Waals surface area contributed by atoms with Gasteiger partial charge in [-0.15, -0.1) is 11.3 Å². The second-order valence-electron chi connectivity index (χ2n) is 6.23. The molecule has 8 nitrogen and oxygen atoms in total. The van der Waals surface area contributed by atoms with Gasteiger partial charge in [0.2, 0.25) is 0 Å². The highest BCUT2D eigenvalue weighted by molar-refractivity contribution is 14.2. The number of carboxylic acids is 1. The molecule has 0 amide bonds. The number of likely N-dealkylation sites (N-methyl/N-ethyl adjacent to an activating group) is 1. The van der Waals surface area contributed by atoms with Crippen molar-refractivity contribution in [1.29, 1.82) is 0 Å². The number of ether oxygens (including phenoxy) is 1. The van der Waals surface area contributed by atoms with Crippen LogP contribution < -0.4 is 9.64 Å². The molecule has 31 heavy (non-hydrogen) atoms. The number of fused-ring (bicyclic) bond motifs is 1. The largest absolute Gasteiger partial charge is 0.491 e. The Kier molecular flexibility index (Phi) is 10.3. The summed E-state index contributed by atoms with van der Waals surface area (Å²) in [5.41, 5.74) is 1.62. The lowest BCUT2D eigenvalue weighted by atomic mass is 10.2. The fraction of sp³-hybridized carbons (Fsp3) is 0.400. The third-order valence-electron chi connectivity index (χ3n) is 4.21. The number of nitrogens with zero attached hydrogens (tertiary/aromatic N) is 4. The molecule has 0 spiro atoms. The number of pyridine rings is 1. The van der Waals surface area contributed by atoms with Crippen molar-refractivity contribution in [3.8, 4) is 17.3 Å². The predicted octanol–water partition coefficient (Wildman–Crippen LogP) is 5.26. The zero-order chi connectivity index (χ0) is 23.0. The van der Waals surface area contributed by atoms with E-state index in [1.54, 1.807) is 41.6 Å². The Morgan fingerprint density at radius 3 is 2.71 bits per heavy atom. The monoisotopic (exact) mass is 576 g/mol. The quantitative estimate of drug-likeness (QED) is 0.210. The van der Waals surface area contributed by atoms with E-state index in [0.717, 1.165) is 20.7 Å². The molecule has 1 N–H and O–H groups in total. The summed E-state index contributed by atoms with van der Waals surface area (Å²) in [5.74, 6) is 0.742. The lowest BCUT2D eigenvalue weighted by molar-refractivity contribution is -0.135. The smallest absolute Gasteiger partial charge is 0.323 e. The van der Waals surface area contributed by atoms with Crippen molar-refractivity contribution in [3.63, 3.8) is 0 Å². The molecule has 11 heteroatoms. The minimum atomic E-state index is -0.923. The minimum absolute atomic E-state index is 0.159. The maximum absolute atomic E-state index is 11.2. The molecule has 0 saturated carbocycles. The summed E-state index contributed by atoms with van der Waals surface area (Å²) in [6.45, 7) is 9.21. The van der Waals surface area contributed by atoms with Crippen LogP contribution in [0.25, 0.3) is 21.7 Å². The number of aromatic nitrogens is 3. The summed E-state index contributed by atoms with van der Waals surface area (Å²) in [4.78, 5) is 28.5. The van der Waals surface area contributed by atoms with Gasteiger partial charge in [0.1, 0.15) is 35.2 Å². The molecule has 0 fully saturated rings. The van der Waals surface area contributed by atoms with Gasteiger partial charge in [-0.1, -0.05) is 13.8 Å². The number of carboxylic acid groups (broad SMARTS) is 1. The third kappa shape index (κ3) is 6.68.